The lowest BCUT2D eigenvalue weighted by Gasteiger charge is -2.22. The molecule has 4 N–H and O–H groups in total. The van der Waals surface area contributed by atoms with Crippen molar-refractivity contribution in [2.75, 3.05) is 0 Å². The van der Waals surface area contributed by atoms with Crippen molar-refractivity contribution in [2.24, 2.45) is 5.73 Å². The highest BCUT2D eigenvalue weighted by Crippen LogP contribution is 2.19. The number of primary amides is 1. The number of amides is 1. The van der Waals surface area contributed by atoms with Crippen LogP contribution in [0, 0.1) is 6.92 Å². The number of carboxylic acid groups (broad SMARTS) is 1. The number of hydrogen-bond donors (Lipinski definition) is 3. The minimum absolute atomic E-state index is 0.159. The van der Waals surface area contributed by atoms with Crippen molar-refractivity contribution in [3.63, 3.8) is 0 Å². The molecular weight excluding hydrogens is 284 g/mol. The summed E-state index contributed by atoms with van der Waals surface area (Å²) >= 11 is 0. The van der Waals surface area contributed by atoms with E-state index < -0.39 is 27.4 Å². The number of aromatic carboxylic acids is 1. The third-order valence-corrected chi connectivity index (χ3v) is 4.53. The van der Waals surface area contributed by atoms with Gasteiger partial charge in [0.05, 0.1) is 10.5 Å². The van der Waals surface area contributed by atoms with E-state index in [1.807, 2.05) is 0 Å². The summed E-state index contributed by atoms with van der Waals surface area (Å²) in [6.07, 6.45) is 0. The lowest BCUT2D eigenvalue weighted by atomic mass is 10.1. The molecule has 0 saturated carbocycles. The molecule has 110 valence electrons. The zero-order chi connectivity index (χ0) is 15.7. The number of carbonyl (C=O) groups is 2. The van der Waals surface area contributed by atoms with E-state index in [0.717, 1.165) is 6.07 Å². The molecule has 0 aromatic heterocycles. The Morgan fingerprint density at radius 2 is 1.85 bits per heavy atom. The summed E-state index contributed by atoms with van der Waals surface area (Å²) in [5.41, 5.74) is 3.83. The van der Waals surface area contributed by atoms with Gasteiger partial charge in [0.15, 0.2) is 0 Å². The highest BCUT2D eigenvalue weighted by Gasteiger charge is 2.32. The first kappa shape index (κ1) is 16.1. The summed E-state index contributed by atoms with van der Waals surface area (Å²) < 4.78 is 26.6. The average molecular weight is 300 g/mol. The van der Waals surface area contributed by atoms with Gasteiger partial charge in [-0.2, -0.15) is 4.72 Å². The standard InChI is InChI=1S/C12H16N2O5S/c1-7-4-5-8(10(15)16)6-9(7)20(18,19)14-12(2,3)11(13)17/h4-6,14H,1-3H3,(H2,13,17)(H,15,16). The van der Waals surface area contributed by atoms with E-state index in [9.17, 15) is 18.0 Å². The Morgan fingerprint density at radius 1 is 1.30 bits per heavy atom. The lowest BCUT2D eigenvalue weighted by Crippen LogP contribution is -2.52. The van der Waals surface area contributed by atoms with Crippen LogP contribution in [0.4, 0.5) is 0 Å². The van der Waals surface area contributed by atoms with E-state index in [1.54, 1.807) is 0 Å². The second-order valence-corrected chi connectivity index (χ2v) is 6.53. The van der Waals surface area contributed by atoms with Crippen molar-refractivity contribution in [2.45, 2.75) is 31.2 Å². The molecule has 0 aliphatic carbocycles. The molecular formula is C12H16N2O5S. The molecule has 0 spiro atoms. The minimum atomic E-state index is -4.06. The van der Waals surface area contributed by atoms with E-state index in [4.69, 9.17) is 10.8 Å². The van der Waals surface area contributed by atoms with Gasteiger partial charge in [-0.15, -0.1) is 0 Å². The molecule has 0 bridgehead atoms. The number of nitrogens with one attached hydrogen (secondary N) is 1. The number of nitrogens with two attached hydrogens (primary N) is 1. The summed E-state index contributed by atoms with van der Waals surface area (Å²) in [7, 11) is -4.06. The number of rotatable bonds is 5. The minimum Gasteiger partial charge on any atom is -0.478 e. The molecule has 0 unspecified atom stereocenters. The first-order valence-corrected chi connectivity index (χ1v) is 7.13. The largest absolute Gasteiger partial charge is 0.478 e. The van der Waals surface area contributed by atoms with Gasteiger partial charge in [-0.1, -0.05) is 6.07 Å². The van der Waals surface area contributed by atoms with Gasteiger partial charge in [0, 0.05) is 0 Å². The molecule has 0 radical (unpaired) electrons. The third-order valence-electron chi connectivity index (χ3n) is 2.73. The Labute approximate surface area is 116 Å². The Hall–Kier alpha value is -1.93. The molecule has 1 amide bonds. The van der Waals surface area contributed by atoms with E-state index in [0.29, 0.717) is 5.56 Å². The Bertz CT molecular complexity index is 664. The maximum absolute atomic E-state index is 12.2. The third kappa shape index (κ3) is 3.34. The zero-order valence-electron chi connectivity index (χ0n) is 11.3. The molecule has 8 heteroatoms. The Morgan fingerprint density at radius 3 is 2.30 bits per heavy atom. The topological polar surface area (TPSA) is 127 Å². The van der Waals surface area contributed by atoms with Gasteiger partial charge in [-0.25, -0.2) is 13.2 Å². The maximum Gasteiger partial charge on any atom is 0.335 e. The van der Waals surface area contributed by atoms with Crippen LogP contribution in [-0.2, 0) is 14.8 Å². The van der Waals surface area contributed by atoms with Crippen LogP contribution in [0.15, 0.2) is 23.1 Å². The summed E-state index contributed by atoms with van der Waals surface area (Å²) in [6.45, 7) is 4.17. The fraction of sp³-hybridized carbons (Fsp3) is 0.333. The van der Waals surface area contributed by atoms with E-state index in [2.05, 4.69) is 4.72 Å². The number of hydrogen-bond acceptors (Lipinski definition) is 4. The van der Waals surface area contributed by atoms with Crippen molar-refractivity contribution in [1.82, 2.24) is 4.72 Å². The van der Waals surface area contributed by atoms with Gasteiger partial charge in [-0.3, -0.25) is 4.79 Å². The maximum atomic E-state index is 12.2. The molecule has 20 heavy (non-hydrogen) atoms. The van der Waals surface area contributed by atoms with Gasteiger partial charge in [0.2, 0.25) is 15.9 Å². The second-order valence-electron chi connectivity index (χ2n) is 4.88. The zero-order valence-corrected chi connectivity index (χ0v) is 12.1. The molecule has 0 atom stereocenters. The quantitative estimate of drug-likeness (QED) is 0.717. The van der Waals surface area contributed by atoms with E-state index in [-0.39, 0.29) is 10.5 Å². The normalized spacial score (nSPS) is 12.2. The van der Waals surface area contributed by atoms with Gasteiger partial charge >= 0.3 is 5.97 Å². The molecule has 0 heterocycles. The van der Waals surface area contributed by atoms with Crippen LogP contribution < -0.4 is 10.5 Å². The first-order chi connectivity index (χ1) is 8.97. The summed E-state index contributed by atoms with van der Waals surface area (Å²) in [6, 6.07) is 3.72. The molecule has 1 aromatic rings. The van der Waals surface area contributed by atoms with Crippen LogP contribution in [0.1, 0.15) is 29.8 Å². The Kier molecular flexibility index (Phi) is 4.21. The number of sulfonamides is 1. The number of aryl methyl sites for hydroxylation is 1. The van der Waals surface area contributed by atoms with Crippen molar-refractivity contribution in [3.05, 3.63) is 29.3 Å². The average Bonchev–Trinajstić information content (AvgIpc) is 2.27. The SMILES string of the molecule is Cc1ccc(C(=O)O)cc1S(=O)(=O)NC(C)(C)C(N)=O. The van der Waals surface area contributed by atoms with Crippen LogP contribution in [0.2, 0.25) is 0 Å². The van der Waals surface area contributed by atoms with Crippen molar-refractivity contribution >= 4 is 21.9 Å². The van der Waals surface area contributed by atoms with Crippen molar-refractivity contribution < 1.29 is 23.1 Å². The van der Waals surface area contributed by atoms with Crippen LogP contribution in [0.5, 0.6) is 0 Å². The lowest BCUT2D eigenvalue weighted by molar-refractivity contribution is -0.122. The van der Waals surface area contributed by atoms with Crippen LogP contribution in [0.25, 0.3) is 0 Å². The number of benzene rings is 1. The Balaban J connectivity index is 3.32. The highest BCUT2D eigenvalue weighted by atomic mass is 32.2. The molecule has 0 aliphatic heterocycles. The van der Waals surface area contributed by atoms with Gasteiger partial charge in [0.1, 0.15) is 5.54 Å². The molecule has 0 saturated heterocycles. The number of carboxylic acids is 1. The smallest absolute Gasteiger partial charge is 0.335 e. The van der Waals surface area contributed by atoms with Crippen molar-refractivity contribution in [3.8, 4) is 0 Å². The number of carbonyl (C=O) groups excluding carboxylic acids is 1. The van der Waals surface area contributed by atoms with Crippen LogP contribution in [0.3, 0.4) is 0 Å². The van der Waals surface area contributed by atoms with E-state index >= 15 is 0 Å². The molecule has 1 rings (SSSR count). The van der Waals surface area contributed by atoms with Crippen LogP contribution >= 0.6 is 0 Å². The van der Waals surface area contributed by atoms with Gasteiger partial charge in [0.25, 0.3) is 0 Å². The van der Waals surface area contributed by atoms with Crippen molar-refractivity contribution in [1.29, 1.82) is 0 Å². The monoisotopic (exact) mass is 300 g/mol. The molecule has 0 aliphatic rings. The fourth-order valence-corrected chi connectivity index (χ4v) is 3.12. The van der Waals surface area contributed by atoms with E-state index in [1.165, 1.54) is 32.9 Å². The summed E-state index contributed by atoms with van der Waals surface area (Å²) in [5.74, 6) is -2.08. The summed E-state index contributed by atoms with van der Waals surface area (Å²) in [5, 5.41) is 8.90. The second kappa shape index (κ2) is 5.22. The summed E-state index contributed by atoms with van der Waals surface area (Å²) in [4.78, 5) is 21.9. The highest BCUT2D eigenvalue weighted by molar-refractivity contribution is 7.89. The predicted molar refractivity (Wildman–Crippen MR) is 71.7 cm³/mol. The predicted octanol–water partition coefficient (Wildman–Crippen LogP) is 0.235. The van der Waals surface area contributed by atoms with Gasteiger partial charge < -0.3 is 10.8 Å². The molecule has 1 aromatic carbocycles. The molecule has 7 nitrogen and oxygen atoms in total. The fourth-order valence-electron chi connectivity index (χ4n) is 1.46. The molecule has 0 fully saturated rings. The van der Waals surface area contributed by atoms with Gasteiger partial charge in [-0.05, 0) is 38.5 Å². The van der Waals surface area contributed by atoms with Crippen LogP contribution in [-0.4, -0.2) is 30.9 Å². The first-order valence-electron chi connectivity index (χ1n) is 5.65.